The van der Waals surface area contributed by atoms with Gasteiger partial charge in [0.15, 0.2) is 0 Å². The van der Waals surface area contributed by atoms with Crippen molar-refractivity contribution in [3.05, 3.63) is 12.2 Å². The Morgan fingerprint density at radius 3 is 0.962 bits per heavy atom. The van der Waals surface area contributed by atoms with Crippen LogP contribution in [0.4, 0.5) is 0 Å². The molecule has 53 heavy (non-hydrogen) atoms. The number of allylic oxidation sites excluding steroid dienone is 1. The normalized spacial score (nSPS) is 12.9. The van der Waals surface area contributed by atoms with Crippen molar-refractivity contribution in [2.75, 3.05) is 6.61 Å². The molecule has 4 heteroatoms. The predicted octanol–water partition coefficient (Wildman–Crippen LogP) is 15.4. The summed E-state index contributed by atoms with van der Waals surface area (Å²) in [6.07, 6.45) is 58.6. The van der Waals surface area contributed by atoms with Crippen LogP contribution in [0.5, 0.6) is 0 Å². The first kappa shape index (κ1) is 52.1. The fourth-order valence-electron chi connectivity index (χ4n) is 7.76. The third-order valence-corrected chi connectivity index (χ3v) is 11.5. The molecule has 0 heterocycles. The summed E-state index contributed by atoms with van der Waals surface area (Å²) in [6, 6.07) is -0.613. The van der Waals surface area contributed by atoms with E-state index in [1.807, 2.05) is 6.08 Å². The van der Waals surface area contributed by atoms with Crippen LogP contribution in [0.15, 0.2) is 12.2 Å². The number of aliphatic hydroxyl groups excluding tert-OH is 2. The zero-order chi connectivity index (χ0) is 38.6. The lowest BCUT2D eigenvalue weighted by Gasteiger charge is -2.19. The average Bonchev–Trinajstić information content (AvgIpc) is 3.16. The van der Waals surface area contributed by atoms with E-state index in [0.717, 1.165) is 32.1 Å². The van der Waals surface area contributed by atoms with Gasteiger partial charge in [0.2, 0.25) is 5.91 Å². The van der Waals surface area contributed by atoms with Gasteiger partial charge in [0.1, 0.15) is 0 Å². The van der Waals surface area contributed by atoms with Crippen molar-refractivity contribution in [2.45, 2.75) is 289 Å². The summed E-state index contributed by atoms with van der Waals surface area (Å²) in [6.45, 7) is 4.19. The number of nitrogens with one attached hydrogen (secondary N) is 1. The van der Waals surface area contributed by atoms with Gasteiger partial charge >= 0.3 is 0 Å². The van der Waals surface area contributed by atoms with Gasteiger partial charge in [-0.2, -0.15) is 0 Å². The lowest BCUT2D eigenvalue weighted by molar-refractivity contribution is -0.123. The SMILES string of the molecule is CCCC/C=C/C(O)C(CO)NC(=O)CCCCCCCCCCCCCCCCCCCCCCCCCCCCCCCCCCCCCCC. The smallest absolute Gasteiger partial charge is 0.220 e. The van der Waals surface area contributed by atoms with E-state index < -0.39 is 12.1 Å². The van der Waals surface area contributed by atoms with Crippen molar-refractivity contribution >= 4 is 5.91 Å². The minimum Gasteiger partial charge on any atom is -0.394 e. The molecule has 0 rings (SSSR count). The number of rotatable bonds is 45. The Labute approximate surface area is 333 Å². The highest BCUT2D eigenvalue weighted by Crippen LogP contribution is 2.17. The van der Waals surface area contributed by atoms with Crippen molar-refractivity contribution in [1.82, 2.24) is 5.32 Å². The quantitative estimate of drug-likeness (QED) is 0.0429. The minimum absolute atomic E-state index is 0.0682. The second-order valence-electron chi connectivity index (χ2n) is 16.9. The fraction of sp³-hybridized carbons (Fsp3) is 0.939. The maximum Gasteiger partial charge on any atom is 0.220 e. The van der Waals surface area contributed by atoms with Gasteiger partial charge < -0.3 is 15.5 Å². The molecule has 0 aliphatic rings. The number of amides is 1. The second-order valence-corrected chi connectivity index (χ2v) is 16.9. The van der Waals surface area contributed by atoms with Crippen molar-refractivity contribution < 1.29 is 15.0 Å². The molecule has 316 valence electrons. The van der Waals surface area contributed by atoms with Crippen molar-refractivity contribution in [3.63, 3.8) is 0 Å². The van der Waals surface area contributed by atoms with Gasteiger partial charge in [-0.3, -0.25) is 4.79 Å². The van der Waals surface area contributed by atoms with E-state index in [4.69, 9.17) is 0 Å². The van der Waals surface area contributed by atoms with Crippen molar-refractivity contribution in [2.24, 2.45) is 0 Å². The Hall–Kier alpha value is -0.870. The monoisotopic (exact) mass is 748 g/mol. The third kappa shape index (κ3) is 42.1. The number of carbonyl (C=O) groups excluding carboxylic acids is 1. The van der Waals surface area contributed by atoms with Crippen LogP contribution in [0.2, 0.25) is 0 Å². The first-order valence-corrected chi connectivity index (χ1v) is 24.4. The molecule has 2 atom stereocenters. The van der Waals surface area contributed by atoms with Crippen LogP contribution in [0.1, 0.15) is 277 Å². The summed E-state index contributed by atoms with van der Waals surface area (Å²) in [5, 5.41) is 22.5. The van der Waals surface area contributed by atoms with E-state index >= 15 is 0 Å². The first-order chi connectivity index (χ1) is 26.2. The number of unbranched alkanes of at least 4 members (excludes halogenated alkanes) is 38. The largest absolute Gasteiger partial charge is 0.394 e. The topological polar surface area (TPSA) is 69.6 Å². The molecule has 0 aromatic carbocycles. The van der Waals surface area contributed by atoms with Crippen LogP contribution in [0.3, 0.4) is 0 Å². The molecule has 0 saturated carbocycles. The van der Waals surface area contributed by atoms with Gasteiger partial charge in [-0.05, 0) is 12.8 Å². The maximum absolute atomic E-state index is 12.2. The summed E-state index contributed by atoms with van der Waals surface area (Å²) in [5.74, 6) is -0.0682. The highest BCUT2D eigenvalue weighted by Gasteiger charge is 2.17. The molecule has 0 aromatic rings. The standard InChI is InChI=1S/C49H97NO3/c1-3-5-7-9-10-11-12-13-14-15-16-17-18-19-20-21-22-23-24-25-26-27-28-29-30-31-32-33-34-35-36-37-38-39-40-41-43-45-49(53)50-47(46-51)48(52)44-42-8-6-4-2/h42,44,47-48,51-52H,3-41,43,45-46H2,1-2H3,(H,50,53)/b44-42+. The summed E-state index contributed by atoms with van der Waals surface area (Å²) in [4.78, 5) is 12.2. The molecule has 0 spiro atoms. The molecule has 0 radical (unpaired) electrons. The van der Waals surface area contributed by atoms with Crippen LogP contribution in [-0.4, -0.2) is 34.9 Å². The van der Waals surface area contributed by atoms with E-state index in [1.165, 1.54) is 225 Å². The van der Waals surface area contributed by atoms with Gasteiger partial charge in [0.05, 0.1) is 18.8 Å². The number of hydrogen-bond acceptors (Lipinski definition) is 3. The highest BCUT2D eigenvalue weighted by molar-refractivity contribution is 5.76. The van der Waals surface area contributed by atoms with Crippen LogP contribution < -0.4 is 5.32 Å². The van der Waals surface area contributed by atoms with Gasteiger partial charge in [0.25, 0.3) is 0 Å². The average molecular weight is 748 g/mol. The van der Waals surface area contributed by atoms with Gasteiger partial charge in [-0.1, -0.05) is 270 Å². The molecule has 2 unspecified atom stereocenters. The van der Waals surface area contributed by atoms with E-state index in [0.29, 0.717) is 6.42 Å². The summed E-state index contributed by atoms with van der Waals surface area (Å²) in [7, 11) is 0. The molecule has 4 nitrogen and oxygen atoms in total. The molecule has 0 aliphatic carbocycles. The number of aliphatic hydroxyl groups is 2. The predicted molar refractivity (Wildman–Crippen MR) is 235 cm³/mol. The zero-order valence-corrected chi connectivity index (χ0v) is 36.3. The fourth-order valence-corrected chi connectivity index (χ4v) is 7.76. The third-order valence-electron chi connectivity index (χ3n) is 11.5. The molecule has 0 fully saturated rings. The molecule has 0 saturated heterocycles. The Morgan fingerprint density at radius 1 is 0.434 bits per heavy atom. The molecule has 3 N–H and O–H groups in total. The Bertz CT molecular complexity index is 725. The first-order valence-electron chi connectivity index (χ1n) is 24.4. The number of hydrogen-bond donors (Lipinski definition) is 3. The Morgan fingerprint density at radius 2 is 0.698 bits per heavy atom. The van der Waals surface area contributed by atoms with E-state index in [1.54, 1.807) is 6.08 Å². The number of carbonyl (C=O) groups is 1. The van der Waals surface area contributed by atoms with E-state index in [9.17, 15) is 15.0 Å². The lowest BCUT2D eigenvalue weighted by Crippen LogP contribution is -2.45. The van der Waals surface area contributed by atoms with Crippen LogP contribution in [-0.2, 0) is 4.79 Å². The van der Waals surface area contributed by atoms with E-state index in [-0.39, 0.29) is 12.5 Å². The summed E-state index contributed by atoms with van der Waals surface area (Å²) in [5.41, 5.74) is 0. The summed E-state index contributed by atoms with van der Waals surface area (Å²) < 4.78 is 0. The molecule has 0 aliphatic heterocycles. The molecule has 0 bridgehead atoms. The Balaban J connectivity index is 3.24. The zero-order valence-electron chi connectivity index (χ0n) is 36.3. The van der Waals surface area contributed by atoms with Crippen LogP contribution >= 0.6 is 0 Å². The lowest BCUT2D eigenvalue weighted by atomic mass is 10.0. The van der Waals surface area contributed by atoms with Crippen molar-refractivity contribution in [1.29, 1.82) is 0 Å². The molecular formula is C49H97NO3. The summed E-state index contributed by atoms with van der Waals surface area (Å²) >= 11 is 0. The van der Waals surface area contributed by atoms with Gasteiger partial charge in [-0.25, -0.2) is 0 Å². The maximum atomic E-state index is 12.2. The highest BCUT2D eigenvalue weighted by atomic mass is 16.3. The van der Waals surface area contributed by atoms with Gasteiger partial charge in [0, 0.05) is 6.42 Å². The van der Waals surface area contributed by atoms with Gasteiger partial charge in [-0.15, -0.1) is 0 Å². The molecule has 0 aromatic heterocycles. The Kier molecular flexibility index (Phi) is 44.8. The minimum atomic E-state index is -0.830. The molecule has 1 amide bonds. The van der Waals surface area contributed by atoms with Crippen LogP contribution in [0.25, 0.3) is 0 Å². The molecular weight excluding hydrogens is 651 g/mol. The van der Waals surface area contributed by atoms with E-state index in [2.05, 4.69) is 19.2 Å². The van der Waals surface area contributed by atoms with Crippen molar-refractivity contribution in [3.8, 4) is 0 Å². The second kappa shape index (κ2) is 45.5. The van der Waals surface area contributed by atoms with Crippen LogP contribution in [0, 0.1) is 0 Å².